The zero-order valence-corrected chi connectivity index (χ0v) is 16.2. The van der Waals surface area contributed by atoms with E-state index in [4.69, 9.17) is 9.47 Å². The number of ether oxygens (including phenoxy) is 2. The van der Waals surface area contributed by atoms with E-state index in [0.29, 0.717) is 23.7 Å². The maximum Gasteiger partial charge on any atom is 0.267 e. The third kappa shape index (κ3) is 3.99. The first-order chi connectivity index (χ1) is 14.0. The minimum atomic E-state index is -0.748. The Kier molecular flexibility index (Phi) is 5.03. The Balaban J connectivity index is 1.48. The van der Waals surface area contributed by atoms with Gasteiger partial charge in [0, 0.05) is 18.2 Å². The standard InChI is InChI=1S/C22H21N3O4/c1-14-3-6-17(7-4-14)18-8-10-21(26)25(24-18)15(2)22(27)23-12-16-5-9-19-20(11-16)29-13-28-19/h3-11,15H,12-13H2,1-2H3,(H,23,27). The molecule has 2 heterocycles. The van der Waals surface area contributed by atoms with Crippen molar-refractivity contribution in [1.29, 1.82) is 0 Å². The first-order valence-corrected chi connectivity index (χ1v) is 9.34. The van der Waals surface area contributed by atoms with Gasteiger partial charge in [-0.1, -0.05) is 35.9 Å². The van der Waals surface area contributed by atoms with Crippen LogP contribution in [0.3, 0.4) is 0 Å². The fourth-order valence-corrected chi connectivity index (χ4v) is 3.08. The predicted molar refractivity (Wildman–Crippen MR) is 108 cm³/mol. The van der Waals surface area contributed by atoms with Crippen LogP contribution in [-0.4, -0.2) is 22.5 Å². The molecule has 1 amide bonds. The maximum absolute atomic E-state index is 12.6. The Morgan fingerprint density at radius 2 is 1.86 bits per heavy atom. The number of carbonyl (C=O) groups excluding carboxylic acids is 1. The summed E-state index contributed by atoms with van der Waals surface area (Å²) in [6.45, 7) is 4.17. The zero-order chi connectivity index (χ0) is 20.4. The number of hydrogen-bond acceptors (Lipinski definition) is 5. The van der Waals surface area contributed by atoms with Gasteiger partial charge in [0.15, 0.2) is 11.5 Å². The monoisotopic (exact) mass is 391 g/mol. The van der Waals surface area contributed by atoms with Crippen molar-refractivity contribution in [2.24, 2.45) is 0 Å². The minimum Gasteiger partial charge on any atom is -0.454 e. The highest BCUT2D eigenvalue weighted by Gasteiger charge is 2.19. The molecular formula is C22H21N3O4. The van der Waals surface area contributed by atoms with E-state index in [1.165, 1.54) is 10.7 Å². The molecule has 1 aliphatic heterocycles. The summed E-state index contributed by atoms with van der Waals surface area (Å²) in [5.41, 5.74) is 3.21. The van der Waals surface area contributed by atoms with Crippen LogP contribution in [0.4, 0.5) is 0 Å². The molecule has 0 spiro atoms. The van der Waals surface area contributed by atoms with E-state index in [2.05, 4.69) is 10.4 Å². The molecule has 1 atom stereocenters. The molecule has 1 aliphatic rings. The van der Waals surface area contributed by atoms with Crippen LogP contribution in [0, 0.1) is 6.92 Å². The summed E-state index contributed by atoms with van der Waals surface area (Å²) in [6, 6.07) is 15.7. The summed E-state index contributed by atoms with van der Waals surface area (Å²) in [5.74, 6) is 1.06. The molecule has 0 saturated carbocycles. The summed E-state index contributed by atoms with van der Waals surface area (Å²) in [7, 11) is 0. The summed E-state index contributed by atoms with van der Waals surface area (Å²) in [5, 5.41) is 7.25. The van der Waals surface area contributed by atoms with Gasteiger partial charge in [0.1, 0.15) is 6.04 Å². The van der Waals surface area contributed by atoms with Gasteiger partial charge in [-0.3, -0.25) is 9.59 Å². The highest BCUT2D eigenvalue weighted by molar-refractivity contribution is 5.79. The number of nitrogens with zero attached hydrogens (tertiary/aromatic N) is 2. The van der Waals surface area contributed by atoms with Gasteiger partial charge in [0.25, 0.3) is 5.56 Å². The molecule has 0 bridgehead atoms. The Morgan fingerprint density at radius 1 is 1.10 bits per heavy atom. The number of fused-ring (bicyclic) bond motifs is 1. The molecule has 148 valence electrons. The van der Waals surface area contributed by atoms with Crippen molar-refractivity contribution in [1.82, 2.24) is 15.1 Å². The topological polar surface area (TPSA) is 82.5 Å². The van der Waals surface area contributed by atoms with E-state index in [-0.39, 0.29) is 18.3 Å². The van der Waals surface area contributed by atoms with Crippen LogP contribution >= 0.6 is 0 Å². The maximum atomic E-state index is 12.6. The molecule has 7 nitrogen and oxygen atoms in total. The van der Waals surface area contributed by atoms with Crippen molar-refractivity contribution >= 4 is 5.91 Å². The highest BCUT2D eigenvalue weighted by Crippen LogP contribution is 2.32. The van der Waals surface area contributed by atoms with E-state index in [1.54, 1.807) is 13.0 Å². The van der Waals surface area contributed by atoms with Gasteiger partial charge in [-0.2, -0.15) is 5.10 Å². The van der Waals surface area contributed by atoms with Gasteiger partial charge < -0.3 is 14.8 Å². The third-order valence-corrected chi connectivity index (χ3v) is 4.82. The second-order valence-corrected chi connectivity index (χ2v) is 6.95. The van der Waals surface area contributed by atoms with Crippen LogP contribution in [0.1, 0.15) is 24.1 Å². The quantitative estimate of drug-likeness (QED) is 0.723. The van der Waals surface area contributed by atoms with Gasteiger partial charge >= 0.3 is 0 Å². The van der Waals surface area contributed by atoms with Crippen molar-refractivity contribution < 1.29 is 14.3 Å². The first kappa shape index (κ1) is 18.7. The lowest BCUT2D eigenvalue weighted by atomic mass is 10.1. The van der Waals surface area contributed by atoms with Crippen LogP contribution in [0.25, 0.3) is 11.3 Å². The average Bonchev–Trinajstić information content (AvgIpc) is 3.20. The Bertz CT molecular complexity index is 1110. The molecule has 1 N–H and O–H groups in total. The average molecular weight is 391 g/mol. The molecule has 0 fully saturated rings. The molecule has 0 radical (unpaired) electrons. The normalized spacial score (nSPS) is 13.2. The van der Waals surface area contributed by atoms with Crippen molar-refractivity contribution in [3.05, 3.63) is 76.1 Å². The van der Waals surface area contributed by atoms with Crippen LogP contribution in [-0.2, 0) is 11.3 Å². The van der Waals surface area contributed by atoms with Crippen molar-refractivity contribution in [3.8, 4) is 22.8 Å². The van der Waals surface area contributed by atoms with Crippen LogP contribution in [0.15, 0.2) is 59.4 Å². The van der Waals surface area contributed by atoms with E-state index in [1.807, 2.05) is 49.4 Å². The van der Waals surface area contributed by atoms with Crippen LogP contribution < -0.4 is 20.3 Å². The number of rotatable bonds is 5. The summed E-state index contributed by atoms with van der Waals surface area (Å²) in [4.78, 5) is 24.9. The zero-order valence-electron chi connectivity index (χ0n) is 16.2. The minimum absolute atomic E-state index is 0.202. The van der Waals surface area contributed by atoms with Gasteiger partial charge in [-0.15, -0.1) is 0 Å². The molecule has 4 rings (SSSR count). The van der Waals surface area contributed by atoms with Crippen LogP contribution in [0.2, 0.25) is 0 Å². The fourth-order valence-electron chi connectivity index (χ4n) is 3.08. The molecule has 1 aromatic heterocycles. The number of aromatic nitrogens is 2. The molecule has 7 heteroatoms. The largest absolute Gasteiger partial charge is 0.454 e. The van der Waals surface area contributed by atoms with E-state index in [0.717, 1.165) is 16.7 Å². The highest BCUT2D eigenvalue weighted by atomic mass is 16.7. The summed E-state index contributed by atoms with van der Waals surface area (Å²) < 4.78 is 11.8. The lowest BCUT2D eigenvalue weighted by Crippen LogP contribution is -2.36. The van der Waals surface area contributed by atoms with Gasteiger partial charge in [0.2, 0.25) is 12.7 Å². The molecule has 29 heavy (non-hydrogen) atoms. The van der Waals surface area contributed by atoms with Gasteiger partial charge in [-0.25, -0.2) is 4.68 Å². The molecule has 1 unspecified atom stereocenters. The summed E-state index contributed by atoms with van der Waals surface area (Å²) >= 11 is 0. The number of benzene rings is 2. The lowest BCUT2D eigenvalue weighted by molar-refractivity contribution is -0.124. The molecule has 0 saturated heterocycles. The van der Waals surface area contributed by atoms with Crippen LogP contribution in [0.5, 0.6) is 11.5 Å². The Hall–Kier alpha value is -3.61. The second-order valence-electron chi connectivity index (χ2n) is 6.95. The number of hydrogen-bond donors (Lipinski definition) is 1. The second kappa shape index (κ2) is 7.79. The molecular weight excluding hydrogens is 370 g/mol. The van der Waals surface area contributed by atoms with Gasteiger partial charge in [0.05, 0.1) is 5.69 Å². The van der Waals surface area contributed by atoms with Crippen molar-refractivity contribution in [3.63, 3.8) is 0 Å². The SMILES string of the molecule is Cc1ccc(-c2ccc(=O)n(C(C)C(=O)NCc3ccc4c(c3)OCO4)n2)cc1. The van der Waals surface area contributed by atoms with Crippen molar-refractivity contribution in [2.45, 2.75) is 26.4 Å². The molecule has 0 aliphatic carbocycles. The van der Waals surface area contributed by atoms with E-state index >= 15 is 0 Å². The number of nitrogens with one attached hydrogen (secondary N) is 1. The Labute approximate surface area is 167 Å². The molecule has 2 aromatic carbocycles. The summed E-state index contributed by atoms with van der Waals surface area (Å²) in [6.07, 6.45) is 0. The smallest absolute Gasteiger partial charge is 0.267 e. The predicted octanol–water partition coefficient (Wildman–Crippen LogP) is 2.82. The van der Waals surface area contributed by atoms with Crippen molar-refractivity contribution in [2.75, 3.05) is 6.79 Å². The number of amides is 1. The fraction of sp³-hybridized carbons (Fsp3) is 0.227. The first-order valence-electron chi connectivity index (χ1n) is 9.34. The number of carbonyl (C=O) groups is 1. The van der Waals surface area contributed by atoms with Gasteiger partial charge in [-0.05, 0) is 37.6 Å². The van der Waals surface area contributed by atoms with E-state index in [9.17, 15) is 9.59 Å². The Morgan fingerprint density at radius 3 is 2.66 bits per heavy atom. The van der Waals surface area contributed by atoms with E-state index < -0.39 is 6.04 Å². The lowest BCUT2D eigenvalue weighted by Gasteiger charge is -2.15. The molecule has 3 aromatic rings. The number of aryl methyl sites for hydroxylation is 1. The third-order valence-electron chi connectivity index (χ3n) is 4.82.